The van der Waals surface area contributed by atoms with Gasteiger partial charge in [-0.3, -0.25) is 9.89 Å². The summed E-state index contributed by atoms with van der Waals surface area (Å²) in [4.78, 5) is 23.5. The van der Waals surface area contributed by atoms with Crippen LogP contribution in [0, 0.1) is 5.41 Å². The number of rotatable bonds is 5. The van der Waals surface area contributed by atoms with Crippen LogP contribution in [-0.2, 0) is 11.3 Å². The van der Waals surface area contributed by atoms with Crippen molar-refractivity contribution in [2.24, 2.45) is 10.4 Å². The van der Waals surface area contributed by atoms with Crippen molar-refractivity contribution in [1.82, 2.24) is 14.5 Å². The summed E-state index contributed by atoms with van der Waals surface area (Å²) in [6.07, 6.45) is 3.91. The lowest BCUT2D eigenvalue weighted by Gasteiger charge is -2.37. The average molecular weight is 442 g/mol. The zero-order valence-electron chi connectivity index (χ0n) is 20.0. The third-order valence-corrected chi connectivity index (χ3v) is 5.23. The Morgan fingerprint density at radius 2 is 1.84 bits per heavy atom. The van der Waals surface area contributed by atoms with E-state index in [1.54, 1.807) is 11.1 Å². The van der Waals surface area contributed by atoms with E-state index in [9.17, 15) is 4.79 Å². The molecule has 1 aliphatic rings. The molecule has 2 N–H and O–H groups in total. The van der Waals surface area contributed by atoms with Gasteiger partial charge in [0.05, 0.1) is 12.6 Å². The Kier molecular flexibility index (Phi) is 6.81. The lowest BCUT2D eigenvalue weighted by atomic mass is 9.84. The third kappa shape index (κ3) is 6.02. The molecular weight excluding hydrogens is 406 g/mol. The Morgan fingerprint density at radius 1 is 1.16 bits per heavy atom. The second kappa shape index (κ2) is 9.22. The van der Waals surface area contributed by atoms with Gasteiger partial charge in [0.1, 0.15) is 23.8 Å². The lowest BCUT2D eigenvalue weighted by Crippen LogP contribution is -2.47. The molecule has 0 aliphatic carbocycles. The number of amidine groups is 1. The maximum absolute atomic E-state index is 12.9. The van der Waals surface area contributed by atoms with Gasteiger partial charge < -0.3 is 19.8 Å². The van der Waals surface area contributed by atoms with Crippen molar-refractivity contribution < 1.29 is 14.3 Å². The fourth-order valence-electron chi connectivity index (χ4n) is 3.48. The SMILES string of the molecule is CC(C)(C)OC(=O)N1CCC(C(C)(C)C)N=C1c1ccc(OCCn2ccnc2N)cc1. The first-order chi connectivity index (χ1) is 14.9. The molecule has 2 heterocycles. The lowest BCUT2D eigenvalue weighted by molar-refractivity contribution is 0.0350. The quantitative estimate of drug-likeness (QED) is 0.744. The number of hydrogen-bond acceptors (Lipinski definition) is 6. The van der Waals surface area contributed by atoms with Gasteiger partial charge >= 0.3 is 6.09 Å². The van der Waals surface area contributed by atoms with Crippen molar-refractivity contribution >= 4 is 17.9 Å². The minimum Gasteiger partial charge on any atom is -0.492 e. The van der Waals surface area contributed by atoms with Crippen molar-refractivity contribution in [3.63, 3.8) is 0 Å². The van der Waals surface area contributed by atoms with Crippen LogP contribution in [0.2, 0.25) is 0 Å². The van der Waals surface area contributed by atoms with E-state index < -0.39 is 5.60 Å². The van der Waals surface area contributed by atoms with E-state index in [1.807, 2.05) is 55.8 Å². The first-order valence-corrected chi connectivity index (χ1v) is 11.0. The average Bonchev–Trinajstić information content (AvgIpc) is 3.11. The van der Waals surface area contributed by atoms with E-state index in [4.69, 9.17) is 20.2 Å². The Hall–Kier alpha value is -3.03. The van der Waals surface area contributed by atoms with E-state index in [2.05, 4.69) is 25.8 Å². The summed E-state index contributed by atoms with van der Waals surface area (Å²) in [6, 6.07) is 7.77. The Balaban J connectivity index is 1.76. The number of amides is 1. The molecule has 0 spiro atoms. The minimum atomic E-state index is -0.570. The van der Waals surface area contributed by atoms with Crippen LogP contribution < -0.4 is 10.5 Å². The topological polar surface area (TPSA) is 95.0 Å². The second-order valence-corrected chi connectivity index (χ2v) is 10.1. The fourth-order valence-corrected chi connectivity index (χ4v) is 3.48. The number of anilines is 1. The number of hydrogen-bond donors (Lipinski definition) is 1. The van der Waals surface area contributed by atoms with Crippen LogP contribution in [-0.4, -0.2) is 51.2 Å². The van der Waals surface area contributed by atoms with Gasteiger partial charge in [-0.05, 0) is 56.9 Å². The summed E-state index contributed by atoms with van der Waals surface area (Å²) < 4.78 is 13.3. The number of imidazole rings is 1. The predicted molar refractivity (Wildman–Crippen MR) is 126 cm³/mol. The molecule has 8 nitrogen and oxygen atoms in total. The van der Waals surface area contributed by atoms with Crippen LogP contribution >= 0.6 is 0 Å². The number of aromatic nitrogens is 2. The minimum absolute atomic E-state index is 0.00346. The molecule has 1 atom stereocenters. The molecule has 0 fully saturated rings. The van der Waals surface area contributed by atoms with Crippen LogP contribution in [0.15, 0.2) is 41.7 Å². The number of benzene rings is 1. The highest BCUT2D eigenvalue weighted by Gasteiger charge is 2.35. The van der Waals surface area contributed by atoms with Gasteiger partial charge in [0.15, 0.2) is 5.95 Å². The highest BCUT2D eigenvalue weighted by atomic mass is 16.6. The van der Waals surface area contributed by atoms with Crippen molar-refractivity contribution in [3.8, 4) is 5.75 Å². The van der Waals surface area contributed by atoms with Gasteiger partial charge in [-0.25, -0.2) is 9.78 Å². The summed E-state index contributed by atoms with van der Waals surface area (Å²) in [5.74, 6) is 1.85. The molecule has 3 rings (SSSR count). The Morgan fingerprint density at radius 3 is 2.41 bits per heavy atom. The summed E-state index contributed by atoms with van der Waals surface area (Å²) in [5, 5.41) is 0. The maximum Gasteiger partial charge on any atom is 0.416 e. The standard InChI is InChI=1S/C24H35N5O3/c1-23(2,3)19-11-13-29(22(30)32-24(4,5)6)20(27-19)17-7-9-18(10-8-17)31-16-15-28-14-12-26-21(28)25/h7-10,12,14,19H,11,13,15-16H2,1-6H3,(H2,25,26). The number of ether oxygens (including phenoxy) is 2. The van der Waals surface area contributed by atoms with Crippen LogP contribution in [0.4, 0.5) is 10.7 Å². The number of carbonyl (C=O) groups is 1. The van der Waals surface area contributed by atoms with E-state index >= 15 is 0 Å². The fraction of sp³-hybridized carbons (Fsp3) is 0.542. The highest BCUT2D eigenvalue weighted by molar-refractivity contribution is 6.07. The van der Waals surface area contributed by atoms with Gasteiger partial charge in [-0.2, -0.15) is 0 Å². The molecule has 0 bridgehead atoms. The van der Waals surface area contributed by atoms with Gasteiger partial charge in [0, 0.05) is 24.5 Å². The zero-order valence-corrected chi connectivity index (χ0v) is 20.0. The summed E-state index contributed by atoms with van der Waals surface area (Å²) in [7, 11) is 0. The van der Waals surface area contributed by atoms with Crippen molar-refractivity contribution in [2.75, 3.05) is 18.9 Å². The van der Waals surface area contributed by atoms with Crippen molar-refractivity contribution in [1.29, 1.82) is 0 Å². The monoisotopic (exact) mass is 441 g/mol. The number of aliphatic imine (C=N–C) groups is 1. The van der Waals surface area contributed by atoms with Crippen LogP contribution in [0.25, 0.3) is 0 Å². The summed E-state index contributed by atoms with van der Waals surface area (Å²) >= 11 is 0. The molecule has 174 valence electrons. The molecule has 1 aromatic heterocycles. The van der Waals surface area contributed by atoms with Crippen LogP contribution in [0.3, 0.4) is 0 Å². The number of nitrogens with two attached hydrogens (primary N) is 1. The van der Waals surface area contributed by atoms with E-state index in [0.29, 0.717) is 31.5 Å². The Labute approximate surface area is 190 Å². The normalized spacial score (nSPS) is 17.1. The molecule has 1 aliphatic heterocycles. The van der Waals surface area contributed by atoms with Gasteiger partial charge in [0.2, 0.25) is 0 Å². The number of nitrogen functional groups attached to an aromatic ring is 1. The van der Waals surface area contributed by atoms with Crippen molar-refractivity contribution in [3.05, 3.63) is 42.2 Å². The molecule has 32 heavy (non-hydrogen) atoms. The number of carbonyl (C=O) groups excluding carboxylic acids is 1. The van der Waals surface area contributed by atoms with Crippen molar-refractivity contribution in [2.45, 2.75) is 66.2 Å². The first kappa shape index (κ1) is 23.6. The van der Waals surface area contributed by atoms with Crippen LogP contribution in [0.1, 0.15) is 53.5 Å². The zero-order chi connectivity index (χ0) is 23.5. The summed E-state index contributed by atoms with van der Waals surface area (Å²) in [5.41, 5.74) is 6.07. The smallest absolute Gasteiger partial charge is 0.416 e. The number of nitrogens with zero attached hydrogens (tertiary/aromatic N) is 4. The molecule has 0 saturated heterocycles. The largest absolute Gasteiger partial charge is 0.492 e. The van der Waals surface area contributed by atoms with Gasteiger partial charge in [-0.15, -0.1) is 0 Å². The maximum atomic E-state index is 12.9. The Bertz CT molecular complexity index is 951. The molecule has 2 aromatic rings. The molecule has 1 aromatic carbocycles. The van der Waals surface area contributed by atoms with E-state index in [0.717, 1.165) is 17.7 Å². The predicted octanol–water partition coefficient (Wildman–Crippen LogP) is 4.35. The molecule has 1 amide bonds. The molecule has 8 heteroatoms. The molecule has 0 radical (unpaired) electrons. The highest BCUT2D eigenvalue weighted by Crippen LogP contribution is 2.30. The van der Waals surface area contributed by atoms with Gasteiger partial charge in [0.25, 0.3) is 0 Å². The van der Waals surface area contributed by atoms with E-state index in [1.165, 1.54) is 0 Å². The van der Waals surface area contributed by atoms with E-state index in [-0.39, 0.29) is 17.6 Å². The summed E-state index contributed by atoms with van der Waals surface area (Å²) in [6.45, 7) is 13.8. The molecule has 1 unspecified atom stereocenters. The van der Waals surface area contributed by atoms with Crippen LogP contribution in [0.5, 0.6) is 5.75 Å². The third-order valence-electron chi connectivity index (χ3n) is 5.23. The molecular formula is C24H35N5O3. The molecule has 0 saturated carbocycles. The second-order valence-electron chi connectivity index (χ2n) is 10.1. The van der Waals surface area contributed by atoms with Gasteiger partial charge in [-0.1, -0.05) is 20.8 Å². The first-order valence-electron chi connectivity index (χ1n) is 11.0.